The molecular weight excluding hydrogens is 481 g/mol. The number of carbonyl (C=O) groups excluding carboxylic acids is 3. The average molecular weight is 526 g/mol. The molecule has 0 aliphatic rings. The van der Waals surface area contributed by atoms with Crippen LogP contribution in [0.15, 0.2) is 24.3 Å². The molecule has 0 radical (unpaired) electrons. The number of nitrogens with one attached hydrogen (secondary N) is 1. The van der Waals surface area contributed by atoms with Crippen molar-refractivity contribution < 1.29 is 37.7 Å². The number of carbonyl (C=O) groups is 3. The van der Waals surface area contributed by atoms with E-state index in [-0.39, 0.29) is 19.4 Å². The van der Waals surface area contributed by atoms with Gasteiger partial charge in [-0.25, -0.2) is 14.0 Å². The SMILES string of the molecule is CCC(C)(C)OC(=O)C(Cc1ccc(OCCF)cc1)CC(NC(=O)OC(C)(C)C)C(=O)OC(C)(C)C. The second-order valence-electron chi connectivity index (χ2n) is 11.6. The molecule has 0 heterocycles. The van der Waals surface area contributed by atoms with E-state index in [0.29, 0.717) is 12.2 Å². The molecule has 2 unspecified atom stereocenters. The molecule has 0 fully saturated rings. The number of rotatable bonds is 12. The molecule has 210 valence electrons. The number of alkyl carbamates (subject to hydrolysis) is 1. The van der Waals surface area contributed by atoms with Crippen LogP contribution < -0.4 is 10.1 Å². The molecule has 0 bridgehead atoms. The first kappa shape index (κ1) is 32.2. The van der Waals surface area contributed by atoms with E-state index in [1.165, 1.54) is 0 Å². The van der Waals surface area contributed by atoms with Gasteiger partial charge in [0.25, 0.3) is 0 Å². The van der Waals surface area contributed by atoms with Gasteiger partial charge in [0.1, 0.15) is 41.9 Å². The van der Waals surface area contributed by atoms with Crippen molar-refractivity contribution in [3.63, 3.8) is 0 Å². The van der Waals surface area contributed by atoms with Gasteiger partial charge in [0.05, 0.1) is 5.92 Å². The van der Waals surface area contributed by atoms with Crippen molar-refractivity contribution in [2.75, 3.05) is 13.3 Å². The predicted molar refractivity (Wildman–Crippen MR) is 139 cm³/mol. The Morgan fingerprint density at radius 1 is 0.865 bits per heavy atom. The molecule has 0 aliphatic heterocycles. The second-order valence-corrected chi connectivity index (χ2v) is 11.6. The first-order chi connectivity index (χ1) is 16.9. The van der Waals surface area contributed by atoms with Gasteiger partial charge in [0, 0.05) is 0 Å². The largest absolute Gasteiger partial charge is 0.491 e. The maximum Gasteiger partial charge on any atom is 0.408 e. The van der Waals surface area contributed by atoms with Gasteiger partial charge in [-0.3, -0.25) is 4.79 Å². The van der Waals surface area contributed by atoms with Crippen LogP contribution in [-0.2, 0) is 30.2 Å². The zero-order valence-electron chi connectivity index (χ0n) is 23.7. The average Bonchev–Trinajstić information content (AvgIpc) is 2.74. The van der Waals surface area contributed by atoms with Crippen LogP contribution >= 0.6 is 0 Å². The van der Waals surface area contributed by atoms with Gasteiger partial charge < -0.3 is 24.3 Å². The Hall–Kier alpha value is -2.84. The maximum atomic E-state index is 13.3. The summed E-state index contributed by atoms with van der Waals surface area (Å²) in [5, 5.41) is 2.58. The number of amides is 1. The topological polar surface area (TPSA) is 100 Å². The summed E-state index contributed by atoms with van der Waals surface area (Å²) < 4.78 is 34.3. The smallest absolute Gasteiger partial charge is 0.408 e. The molecule has 1 amide bonds. The number of halogens is 1. The number of hydrogen-bond donors (Lipinski definition) is 1. The third kappa shape index (κ3) is 13.3. The highest BCUT2D eigenvalue weighted by atomic mass is 19.1. The van der Waals surface area contributed by atoms with Gasteiger partial charge >= 0.3 is 18.0 Å². The van der Waals surface area contributed by atoms with Crippen LogP contribution in [0.5, 0.6) is 5.75 Å². The molecule has 0 saturated carbocycles. The number of ether oxygens (including phenoxy) is 4. The molecule has 0 saturated heterocycles. The molecule has 9 heteroatoms. The van der Waals surface area contributed by atoms with Crippen molar-refractivity contribution in [2.24, 2.45) is 5.92 Å². The standard InChI is InChI=1S/C28H44FNO7/c1-10-28(8,9)36-23(31)20(17-19-11-13-21(14-12-19)34-16-15-29)18-22(24(32)35-26(2,3)4)30-25(33)37-27(5,6)7/h11-14,20,22H,10,15-18H2,1-9H3,(H,30,33). The van der Waals surface area contributed by atoms with E-state index in [9.17, 15) is 18.8 Å². The molecule has 2 atom stereocenters. The summed E-state index contributed by atoms with van der Waals surface area (Å²) in [6, 6.07) is 5.76. The van der Waals surface area contributed by atoms with Gasteiger partial charge in [-0.1, -0.05) is 19.1 Å². The quantitative estimate of drug-likeness (QED) is 0.282. The summed E-state index contributed by atoms with van der Waals surface area (Å²) in [7, 11) is 0. The first-order valence-electron chi connectivity index (χ1n) is 12.7. The molecule has 0 spiro atoms. The van der Waals surface area contributed by atoms with E-state index in [0.717, 1.165) is 5.56 Å². The summed E-state index contributed by atoms with van der Waals surface area (Å²) in [6.07, 6.45) is -0.0270. The molecule has 1 N–H and O–H groups in total. The number of benzene rings is 1. The van der Waals surface area contributed by atoms with E-state index in [2.05, 4.69) is 5.32 Å². The summed E-state index contributed by atoms with van der Waals surface area (Å²) in [5.41, 5.74) is -1.51. The molecular formula is C28H44FNO7. The van der Waals surface area contributed by atoms with E-state index in [4.69, 9.17) is 18.9 Å². The Balaban J connectivity index is 3.25. The summed E-state index contributed by atoms with van der Waals surface area (Å²) in [5.74, 6) is -1.45. The Labute approximate surface area is 220 Å². The van der Waals surface area contributed by atoms with Crippen molar-refractivity contribution in [3.8, 4) is 5.75 Å². The Morgan fingerprint density at radius 2 is 1.43 bits per heavy atom. The minimum Gasteiger partial charge on any atom is -0.491 e. The van der Waals surface area contributed by atoms with Crippen molar-refractivity contribution >= 4 is 18.0 Å². The lowest BCUT2D eigenvalue weighted by molar-refractivity contribution is -0.164. The second kappa shape index (κ2) is 13.6. The van der Waals surface area contributed by atoms with Crippen LogP contribution in [0.1, 0.15) is 80.7 Å². The van der Waals surface area contributed by atoms with Crippen LogP contribution in [-0.4, -0.2) is 54.2 Å². The zero-order valence-corrected chi connectivity index (χ0v) is 23.7. The Kier molecular flexibility index (Phi) is 11.9. The van der Waals surface area contributed by atoms with Gasteiger partial charge in [0.2, 0.25) is 0 Å². The summed E-state index contributed by atoms with van der Waals surface area (Å²) in [4.78, 5) is 38.9. The highest BCUT2D eigenvalue weighted by Crippen LogP contribution is 2.24. The minimum absolute atomic E-state index is 0.0473. The van der Waals surface area contributed by atoms with Gasteiger partial charge in [-0.15, -0.1) is 0 Å². The van der Waals surface area contributed by atoms with Crippen molar-refractivity contribution in [1.29, 1.82) is 0 Å². The summed E-state index contributed by atoms with van der Waals surface area (Å²) in [6.45, 7) is 15.2. The molecule has 1 aromatic carbocycles. The highest BCUT2D eigenvalue weighted by Gasteiger charge is 2.35. The molecule has 1 rings (SSSR count). The van der Waals surface area contributed by atoms with Crippen LogP contribution in [0.2, 0.25) is 0 Å². The molecule has 8 nitrogen and oxygen atoms in total. The highest BCUT2D eigenvalue weighted by molar-refractivity contribution is 5.83. The fourth-order valence-electron chi connectivity index (χ4n) is 3.17. The third-order valence-electron chi connectivity index (χ3n) is 5.22. The fourth-order valence-corrected chi connectivity index (χ4v) is 3.17. The molecule has 37 heavy (non-hydrogen) atoms. The van der Waals surface area contributed by atoms with Gasteiger partial charge in [0.15, 0.2) is 0 Å². The molecule has 0 aromatic heterocycles. The zero-order chi connectivity index (χ0) is 28.4. The van der Waals surface area contributed by atoms with Crippen LogP contribution in [0, 0.1) is 5.92 Å². The van der Waals surface area contributed by atoms with Gasteiger partial charge in [-0.2, -0.15) is 0 Å². The Bertz CT molecular complexity index is 885. The lowest BCUT2D eigenvalue weighted by atomic mass is 9.92. The predicted octanol–water partition coefficient (Wildman–Crippen LogP) is 5.55. The van der Waals surface area contributed by atoms with E-state index < -0.39 is 53.5 Å². The lowest BCUT2D eigenvalue weighted by Gasteiger charge is -2.30. The molecule has 1 aromatic rings. The van der Waals surface area contributed by atoms with Gasteiger partial charge in [-0.05, 0) is 92.3 Å². The van der Waals surface area contributed by atoms with E-state index in [1.807, 2.05) is 20.8 Å². The first-order valence-corrected chi connectivity index (χ1v) is 12.7. The minimum atomic E-state index is -1.15. The molecule has 0 aliphatic carbocycles. The van der Waals surface area contributed by atoms with Crippen LogP contribution in [0.4, 0.5) is 9.18 Å². The van der Waals surface area contributed by atoms with Crippen LogP contribution in [0.3, 0.4) is 0 Å². The normalized spacial score (nSPS) is 13.8. The maximum absolute atomic E-state index is 13.3. The van der Waals surface area contributed by atoms with Crippen molar-refractivity contribution in [2.45, 2.75) is 104 Å². The van der Waals surface area contributed by atoms with Crippen LogP contribution in [0.25, 0.3) is 0 Å². The number of hydrogen-bond acceptors (Lipinski definition) is 7. The monoisotopic (exact) mass is 525 g/mol. The number of esters is 2. The van der Waals surface area contributed by atoms with Crippen molar-refractivity contribution in [3.05, 3.63) is 29.8 Å². The fraction of sp³-hybridized carbons (Fsp3) is 0.679. The van der Waals surface area contributed by atoms with Crippen molar-refractivity contribution in [1.82, 2.24) is 5.32 Å². The lowest BCUT2D eigenvalue weighted by Crippen LogP contribution is -2.48. The summed E-state index contributed by atoms with van der Waals surface area (Å²) >= 11 is 0. The van der Waals surface area contributed by atoms with E-state index >= 15 is 0 Å². The number of alkyl halides is 1. The third-order valence-corrected chi connectivity index (χ3v) is 5.22. The Morgan fingerprint density at radius 3 is 1.92 bits per heavy atom. The van der Waals surface area contributed by atoms with E-state index in [1.54, 1.807) is 65.8 Å².